The van der Waals surface area contributed by atoms with Gasteiger partial charge in [0, 0.05) is 13.2 Å². The number of phenols is 1. The van der Waals surface area contributed by atoms with E-state index in [-0.39, 0.29) is 5.75 Å². The Balaban J connectivity index is 0.000000187. The third-order valence-corrected chi connectivity index (χ3v) is 2.16. The molecule has 0 radical (unpaired) electrons. The Morgan fingerprint density at radius 2 is 1.93 bits per heavy atom. The normalized spacial score (nSPS) is 14.3. The largest absolute Gasteiger partial charge is 0.504 e. The van der Waals surface area contributed by atoms with Crippen LogP contribution < -0.4 is 4.74 Å². The second-order valence-corrected chi connectivity index (χ2v) is 3.49. The summed E-state index contributed by atoms with van der Waals surface area (Å²) < 4.78 is 9.82. The fourth-order valence-corrected chi connectivity index (χ4v) is 1.30. The summed E-state index contributed by atoms with van der Waals surface area (Å²) in [5.41, 5.74) is 1.08. The summed E-state index contributed by atoms with van der Waals surface area (Å²) in [5, 5.41) is 9.11. The van der Waals surface area contributed by atoms with Gasteiger partial charge < -0.3 is 14.6 Å². The topological polar surface area (TPSA) is 38.7 Å². The van der Waals surface area contributed by atoms with Crippen molar-refractivity contribution in [3.05, 3.63) is 23.8 Å². The zero-order valence-electron chi connectivity index (χ0n) is 9.32. The van der Waals surface area contributed by atoms with Gasteiger partial charge in [0.05, 0.1) is 7.11 Å². The molecule has 0 unspecified atom stereocenters. The Bertz CT molecular complexity index is 285. The maximum atomic E-state index is 9.11. The summed E-state index contributed by atoms with van der Waals surface area (Å²) in [6, 6.07) is 5.24. The van der Waals surface area contributed by atoms with Crippen molar-refractivity contribution in [3.63, 3.8) is 0 Å². The molecule has 0 aromatic heterocycles. The predicted octanol–water partition coefficient (Wildman–Crippen LogP) is 2.51. The molecule has 1 aromatic rings. The highest BCUT2D eigenvalue weighted by Gasteiger charge is 1.97. The molecule has 1 aliphatic heterocycles. The number of aromatic hydroxyl groups is 1. The van der Waals surface area contributed by atoms with E-state index in [0.29, 0.717) is 5.75 Å². The zero-order chi connectivity index (χ0) is 11.1. The fourth-order valence-electron chi connectivity index (χ4n) is 1.30. The third-order valence-electron chi connectivity index (χ3n) is 2.16. The van der Waals surface area contributed by atoms with Crippen molar-refractivity contribution in [2.75, 3.05) is 20.3 Å². The Hall–Kier alpha value is -1.22. The average molecular weight is 210 g/mol. The molecular weight excluding hydrogens is 192 g/mol. The highest BCUT2D eigenvalue weighted by Crippen LogP contribution is 2.25. The van der Waals surface area contributed by atoms with E-state index in [1.807, 2.05) is 13.0 Å². The van der Waals surface area contributed by atoms with Crippen LogP contribution in [0, 0.1) is 6.92 Å². The van der Waals surface area contributed by atoms with Gasteiger partial charge in [-0.3, -0.25) is 0 Å². The number of aryl methyl sites for hydroxylation is 1. The Labute approximate surface area is 90.6 Å². The van der Waals surface area contributed by atoms with Gasteiger partial charge in [-0.1, -0.05) is 6.07 Å². The van der Waals surface area contributed by atoms with Gasteiger partial charge in [-0.2, -0.15) is 0 Å². The van der Waals surface area contributed by atoms with Gasteiger partial charge in [0.2, 0.25) is 0 Å². The monoisotopic (exact) mass is 210 g/mol. The molecule has 1 fully saturated rings. The van der Waals surface area contributed by atoms with Crippen LogP contribution in [0.5, 0.6) is 11.5 Å². The van der Waals surface area contributed by atoms with Crippen LogP contribution in [0.2, 0.25) is 0 Å². The van der Waals surface area contributed by atoms with Crippen molar-refractivity contribution in [2.45, 2.75) is 19.8 Å². The molecule has 1 N–H and O–H groups in total. The van der Waals surface area contributed by atoms with E-state index in [1.165, 1.54) is 20.0 Å². The van der Waals surface area contributed by atoms with Crippen LogP contribution in [0.3, 0.4) is 0 Å². The van der Waals surface area contributed by atoms with Crippen molar-refractivity contribution in [1.29, 1.82) is 0 Å². The fraction of sp³-hybridized carbons (Fsp3) is 0.500. The molecule has 0 aliphatic carbocycles. The Morgan fingerprint density at radius 3 is 2.33 bits per heavy atom. The molecule has 1 aliphatic rings. The van der Waals surface area contributed by atoms with Crippen molar-refractivity contribution in [3.8, 4) is 11.5 Å². The summed E-state index contributed by atoms with van der Waals surface area (Å²) in [6.07, 6.45) is 2.56. The van der Waals surface area contributed by atoms with Crippen molar-refractivity contribution in [1.82, 2.24) is 0 Å². The molecule has 0 atom stereocenters. The maximum Gasteiger partial charge on any atom is 0.160 e. The molecule has 15 heavy (non-hydrogen) atoms. The molecule has 0 amide bonds. The lowest BCUT2D eigenvalue weighted by atomic mass is 10.2. The van der Waals surface area contributed by atoms with Crippen LogP contribution in [-0.4, -0.2) is 25.4 Å². The first kappa shape index (κ1) is 11.9. The first-order chi connectivity index (χ1) is 7.24. The van der Waals surface area contributed by atoms with Crippen molar-refractivity contribution < 1.29 is 14.6 Å². The van der Waals surface area contributed by atoms with E-state index in [1.54, 1.807) is 12.1 Å². The van der Waals surface area contributed by atoms with E-state index < -0.39 is 0 Å². The van der Waals surface area contributed by atoms with Crippen LogP contribution in [0.4, 0.5) is 0 Å². The molecule has 0 spiro atoms. The molecule has 1 aromatic carbocycles. The molecule has 0 saturated carbocycles. The lowest BCUT2D eigenvalue weighted by Gasteiger charge is -2.02. The highest BCUT2D eigenvalue weighted by atomic mass is 16.5. The number of methoxy groups -OCH3 is 1. The summed E-state index contributed by atoms with van der Waals surface area (Å²) in [6.45, 7) is 3.95. The third kappa shape index (κ3) is 4.21. The molecule has 3 nitrogen and oxygen atoms in total. The van der Waals surface area contributed by atoms with Gasteiger partial charge in [0.25, 0.3) is 0 Å². The summed E-state index contributed by atoms with van der Waals surface area (Å²) >= 11 is 0. The van der Waals surface area contributed by atoms with Gasteiger partial charge in [0.1, 0.15) is 0 Å². The van der Waals surface area contributed by atoms with Gasteiger partial charge >= 0.3 is 0 Å². The van der Waals surface area contributed by atoms with Crippen LogP contribution >= 0.6 is 0 Å². The van der Waals surface area contributed by atoms with Crippen LogP contribution in [0.1, 0.15) is 18.4 Å². The van der Waals surface area contributed by atoms with E-state index in [2.05, 4.69) is 0 Å². The van der Waals surface area contributed by atoms with Crippen LogP contribution in [0.15, 0.2) is 18.2 Å². The highest BCUT2D eigenvalue weighted by molar-refractivity contribution is 5.41. The molecule has 0 bridgehead atoms. The second kappa shape index (κ2) is 6.30. The first-order valence-electron chi connectivity index (χ1n) is 5.15. The minimum atomic E-state index is 0.188. The summed E-state index contributed by atoms with van der Waals surface area (Å²) in [5.74, 6) is 0.716. The SMILES string of the molecule is C1CCOC1.COc1cc(C)ccc1O. The summed E-state index contributed by atoms with van der Waals surface area (Å²) in [7, 11) is 1.54. The van der Waals surface area contributed by atoms with E-state index in [4.69, 9.17) is 14.6 Å². The number of hydrogen-bond donors (Lipinski definition) is 1. The Morgan fingerprint density at radius 1 is 1.27 bits per heavy atom. The van der Waals surface area contributed by atoms with E-state index >= 15 is 0 Å². The molecule has 2 rings (SSSR count). The first-order valence-corrected chi connectivity index (χ1v) is 5.15. The van der Waals surface area contributed by atoms with E-state index in [9.17, 15) is 0 Å². The molecule has 3 heteroatoms. The van der Waals surface area contributed by atoms with Gasteiger partial charge in [-0.25, -0.2) is 0 Å². The minimum Gasteiger partial charge on any atom is -0.504 e. The van der Waals surface area contributed by atoms with E-state index in [0.717, 1.165) is 18.8 Å². The number of benzene rings is 1. The van der Waals surface area contributed by atoms with Crippen LogP contribution in [0.25, 0.3) is 0 Å². The molecular formula is C12H18O3. The maximum absolute atomic E-state index is 9.11. The van der Waals surface area contributed by atoms with Gasteiger partial charge in [-0.15, -0.1) is 0 Å². The number of ether oxygens (including phenoxy) is 2. The second-order valence-electron chi connectivity index (χ2n) is 3.49. The van der Waals surface area contributed by atoms with Crippen molar-refractivity contribution >= 4 is 0 Å². The molecule has 84 valence electrons. The van der Waals surface area contributed by atoms with Crippen molar-refractivity contribution in [2.24, 2.45) is 0 Å². The lowest BCUT2D eigenvalue weighted by molar-refractivity contribution is 0.198. The molecule has 1 saturated heterocycles. The zero-order valence-corrected chi connectivity index (χ0v) is 9.32. The summed E-state index contributed by atoms with van der Waals surface area (Å²) in [4.78, 5) is 0. The number of rotatable bonds is 1. The van der Waals surface area contributed by atoms with Crippen LogP contribution in [-0.2, 0) is 4.74 Å². The quantitative estimate of drug-likeness (QED) is 0.774. The standard InChI is InChI=1S/C8H10O2.C4H8O/c1-6-3-4-7(9)8(5-6)10-2;1-2-4-5-3-1/h3-5,9H,1-2H3;1-4H2. The van der Waals surface area contributed by atoms with Gasteiger partial charge in [0.15, 0.2) is 11.5 Å². The number of phenolic OH excluding ortho intramolecular Hbond substituents is 1. The average Bonchev–Trinajstić information content (AvgIpc) is 2.80. The van der Waals surface area contributed by atoms with Gasteiger partial charge in [-0.05, 0) is 37.5 Å². The number of hydrogen-bond acceptors (Lipinski definition) is 3. The Kier molecular flexibility index (Phi) is 4.98. The smallest absolute Gasteiger partial charge is 0.160 e. The predicted molar refractivity (Wildman–Crippen MR) is 59.4 cm³/mol. The lowest BCUT2D eigenvalue weighted by Crippen LogP contribution is -1.83. The minimum absolute atomic E-state index is 0.188. The molecule has 1 heterocycles.